The molecule has 1 spiro atoms. The highest BCUT2D eigenvalue weighted by Gasteiger charge is 2.62. The van der Waals surface area contributed by atoms with E-state index in [-0.39, 0.29) is 24.3 Å². The zero-order valence-electron chi connectivity index (χ0n) is 20.2. The van der Waals surface area contributed by atoms with Gasteiger partial charge >= 0.3 is 0 Å². The van der Waals surface area contributed by atoms with Gasteiger partial charge in [0.05, 0.1) is 12.2 Å². The number of amides is 3. The first-order chi connectivity index (χ1) is 17.5. The number of rotatable bonds is 3. The second-order valence-corrected chi connectivity index (χ2v) is 9.94. The van der Waals surface area contributed by atoms with Crippen molar-refractivity contribution in [1.29, 1.82) is 0 Å². The molecule has 5 nitrogen and oxygen atoms in total. The number of carbonyl (C=O) groups excluding carboxylic acids is 3. The smallest absolute Gasteiger partial charge is 0.265 e. The van der Waals surface area contributed by atoms with Crippen LogP contribution in [0.3, 0.4) is 0 Å². The van der Waals surface area contributed by atoms with Gasteiger partial charge in [-0.2, -0.15) is 0 Å². The molecule has 2 heterocycles. The van der Waals surface area contributed by atoms with Crippen LogP contribution in [0.1, 0.15) is 59.2 Å². The molecule has 6 rings (SSSR count). The van der Waals surface area contributed by atoms with Gasteiger partial charge in [-0.1, -0.05) is 92.6 Å². The summed E-state index contributed by atoms with van der Waals surface area (Å²) in [6.07, 6.45) is 4.75. The van der Waals surface area contributed by atoms with Crippen molar-refractivity contribution < 1.29 is 14.4 Å². The molecule has 1 saturated carbocycles. The van der Waals surface area contributed by atoms with Crippen LogP contribution >= 0.6 is 0 Å². The molecule has 2 aliphatic heterocycles. The molecule has 0 aromatic heterocycles. The van der Waals surface area contributed by atoms with E-state index >= 15 is 0 Å². The maximum atomic E-state index is 14.7. The predicted octanol–water partition coefficient (Wildman–Crippen LogP) is 5.70. The average molecular weight is 477 g/mol. The molecule has 3 aromatic rings. The van der Waals surface area contributed by atoms with Crippen molar-refractivity contribution in [2.75, 3.05) is 4.90 Å². The molecule has 0 bridgehead atoms. The Labute approximate surface area is 211 Å². The van der Waals surface area contributed by atoms with Crippen molar-refractivity contribution in [3.63, 3.8) is 0 Å². The highest BCUT2D eigenvalue weighted by Crippen LogP contribution is 2.56. The maximum Gasteiger partial charge on any atom is 0.265 e. The summed E-state index contributed by atoms with van der Waals surface area (Å²) in [6, 6.07) is 24.3. The number of hydrogen-bond donors (Lipinski definition) is 0. The minimum Gasteiger partial charge on any atom is -0.288 e. The lowest BCUT2D eigenvalue weighted by molar-refractivity contribution is -0.137. The molecule has 3 amide bonds. The second-order valence-electron chi connectivity index (χ2n) is 9.94. The SMILES string of the molecule is C=C1c2ccccc2N(C(=O)C2CCCCC2)C12C(=O)N(Cc1ccccc1)C(=O)c1ccccc12. The summed E-state index contributed by atoms with van der Waals surface area (Å²) in [5, 5.41) is 0. The molecule has 180 valence electrons. The van der Waals surface area contributed by atoms with E-state index in [9.17, 15) is 14.4 Å². The Bertz CT molecular complexity index is 1390. The fourth-order valence-corrected chi connectivity index (χ4v) is 6.20. The molecular weight excluding hydrogens is 448 g/mol. The topological polar surface area (TPSA) is 57.7 Å². The standard InChI is InChI=1S/C31H28N2O3/c1-21-24-16-9-11-19-27(24)33(28(34)23-14-6-3-7-15-23)31(21)26-18-10-8-17-25(26)29(35)32(30(31)36)20-22-12-4-2-5-13-22/h2,4-5,8-13,16-19,23H,1,3,6-7,14-15,20H2. The van der Waals surface area contributed by atoms with Crippen LogP contribution in [0.5, 0.6) is 0 Å². The van der Waals surface area contributed by atoms with Crippen LogP contribution in [0.15, 0.2) is 85.4 Å². The van der Waals surface area contributed by atoms with Crippen LogP contribution in [0.25, 0.3) is 5.57 Å². The molecule has 3 aliphatic rings. The third kappa shape index (κ3) is 3.12. The summed E-state index contributed by atoms with van der Waals surface area (Å²) in [5.74, 6) is -0.980. The predicted molar refractivity (Wildman–Crippen MR) is 139 cm³/mol. The first-order valence-corrected chi connectivity index (χ1v) is 12.7. The Hall–Kier alpha value is -3.99. The van der Waals surface area contributed by atoms with Gasteiger partial charge in [-0.25, -0.2) is 0 Å². The van der Waals surface area contributed by atoms with Gasteiger partial charge in [0, 0.05) is 22.6 Å². The fourth-order valence-electron chi connectivity index (χ4n) is 6.20. The summed E-state index contributed by atoms with van der Waals surface area (Å²) in [6.45, 7) is 4.54. The fraction of sp³-hybridized carbons (Fsp3) is 0.258. The largest absolute Gasteiger partial charge is 0.288 e. The molecule has 1 unspecified atom stereocenters. The molecule has 1 aliphatic carbocycles. The Morgan fingerprint density at radius 2 is 1.47 bits per heavy atom. The molecule has 1 atom stereocenters. The second kappa shape index (κ2) is 8.59. The van der Waals surface area contributed by atoms with Crippen molar-refractivity contribution in [1.82, 2.24) is 4.90 Å². The average Bonchev–Trinajstić information content (AvgIpc) is 3.20. The van der Waals surface area contributed by atoms with Gasteiger partial charge in [-0.05, 0) is 36.1 Å². The maximum absolute atomic E-state index is 14.7. The summed E-state index contributed by atoms with van der Waals surface area (Å²) >= 11 is 0. The van der Waals surface area contributed by atoms with E-state index in [1.165, 1.54) is 4.90 Å². The van der Waals surface area contributed by atoms with E-state index in [2.05, 4.69) is 6.58 Å². The summed E-state index contributed by atoms with van der Waals surface area (Å²) in [5.41, 5.74) is 2.34. The number of fused-ring (bicyclic) bond motifs is 3. The summed E-state index contributed by atoms with van der Waals surface area (Å²) in [4.78, 5) is 45.7. The summed E-state index contributed by atoms with van der Waals surface area (Å²) in [7, 11) is 0. The first-order valence-electron chi connectivity index (χ1n) is 12.7. The highest BCUT2D eigenvalue weighted by molar-refractivity contribution is 6.25. The minimum atomic E-state index is -1.49. The van der Waals surface area contributed by atoms with E-state index in [0.717, 1.165) is 43.2 Å². The molecule has 0 saturated heterocycles. The minimum absolute atomic E-state index is 0.0574. The van der Waals surface area contributed by atoms with Gasteiger partial charge in [0.25, 0.3) is 11.8 Å². The Morgan fingerprint density at radius 3 is 2.22 bits per heavy atom. The molecule has 36 heavy (non-hydrogen) atoms. The van der Waals surface area contributed by atoms with Crippen LogP contribution in [0.2, 0.25) is 0 Å². The number of nitrogens with zero attached hydrogens (tertiary/aromatic N) is 2. The molecular formula is C31H28N2O3. The number of benzene rings is 3. The van der Waals surface area contributed by atoms with E-state index < -0.39 is 11.4 Å². The first kappa shape index (κ1) is 22.5. The van der Waals surface area contributed by atoms with E-state index in [4.69, 9.17) is 0 Å². The van der Waals surface area contributed by atoms with Crippen LogP contribution in [0, 0.1) is 5.92 Å². The summed E-state index contributed by atoms with van der Waals surface area (Å²) < 4.78 is 0. The van der Waals surface area contributed by atoms with Crippen molar-refractivity contribution in [2.24, 2.45) is 5.92 Å². The Morgan fingerprint density at radius 1 is 0.833 bits per heavy atom. The van der Waals surface area contributed by atoms with Crippen molar-refractivity contribution in [3.05, 3.63) is 108 Å². The number of imide groups is 1. The van der Waals surface area contributed by atoms with E-state index in [1.807, 2.05) is 66.7 Å². The normalized spacial score (nSPS) is 21.6. The van der Waals surface area contributed by atoms with Gasteiger partial charge < -0.3 is 0 Å². The van der Waals surface area contributed by atoms with Crippen LogP contribution in [-0.4, -0.2) is 22.6 Å². The van der Waals surface area contributed by atoms with Gasteiger partial charge in [0.2, 0.25) is 5.91 Å². The Balaban J connectivity index is 1.58. The van der Waals surface area contributed by atoms with Gasteiger partial charge in [0.15, 0.2) is 5.54 Å². The van der Waals surface area contributed by atoms with Gasteiger partial charge in [-0.3, -0.25) is 24.2 Å². The lowest BCUT2D eigenvalue weighted by Gasteiger charge is -2.46. The molecule has 0 radical (unpaired) electrons. The number of para-hydroxylation sites is 1. The molecule has 1 fully saturated rings. The van der Waals surface area contributed by atoms with Crippen molar-refractivity contribution in [2.45, 2.75) is 44.2 Å². The van der Waals surface area contributed by atoms with Crippen LogP contribution < -0.4 is 4.90 Å². The van der Waals surface area contributed by atoms with Gasteiger partial charge in [0.1, 0.15) is 0 Å². The lowest BCUT2D eigenvalue weighted by atomic mass is 9.75. The van der Waals surface area contributed by atoms with E-state index in [0.29, 0.717) is 22.4 Å². The zero-order chi connectivity index (χ0) is 24.9. The highest BCUT2D eigenvalue weighted by atomic mass is 16.2. The number of carbonyl (C=O) groups is 3. The van der Waals surface area contributed by atoms with Crippen molar-refractivity contribution in [3.8, 4) is 0 Å². The Kier molecular flexibility index (Phi) is 5.36. The zero-order valence-corrected chi connectivity index (χ0v) is 20.2. The number of anilines is 1. The van der Waals surface area contributed by atoms with E-state index in [1.54, 1.807) is 17.0 Å². The third-order valence-corrected chi connectivity index (χ3v) is 7.95. The van der Waals surface area contributed by atoms with Crippen LogP contribution in [-0.2, 0) is 21.7 Å². The molecule has 0 N–H and O–H groups in total. The van der Waals surface area contributed by atoms with Gasteiger partial charge in [-0.15, -0.1) is 0 Å². The molecule has 5 heteroatoms. The third-order valence-electron chi connectivity index (χ3n) is 7.95. The quantitative estimate of drug-likeness (QED) is 0.456. The lowest BCUT2D eigenvalue weighted by Crippen LogP contribution is -2.63. The number of hydrogen-bond acceptors (Lipinski definition) is 3. The molecule has 3 aromatic carbocycles. The van der Waals surface area contributed by atoms with Crippen LogP contribution in [0.4, 0.5) is 5.69 Å². The monoisotopic (exact) mass is 476 g/mol. The van der Waals surface area contributed by atoms with Crippen molar-refractivity contribution >= 4 is 29.0 Å².